The molecule has 0 N–H and O–H groups in total. The van der Waals surface area contributed by atoms with E-state index in [4.69, 9.17) is 16.3 Å². The van der Waals surface area contributed by atoms with E-state index < -0.39 is 0 Å². The van der Waals surface area contributed by atoms with Crippen LogP contribution in [0.4, 0.5) is 0 Å². The zero-order valence-corrected chi connectivity index (χ0v) is 9.64. The van der Waals surface area contributed by atoms with Crippen LogP contribution in [0, 0.1) is 0 Å². The molecule has 0 atom stereocenters. The van der Waals surface area contributed by atoms with E-state index in [2.05, 4.69) is 19.9 Å². The molecular weight excluding hydrogens is 230 g/mol. The predicted octanol–water partition coefficient (Wildman–Crippen LogP) is 0.858. The van der Waals surface area contributed by atoms with E-state index in [0.717, 1.165) is 5.82 Å². The van der Waals surface area contributed by atoms with Crippen LogP contribution in [-0.2, 0) is 13.5 Å². The zero-order valence-electron chi connectivity index (χ0n) is 8.88. The van der Waals surface area contributed by atoms with Gasteiger partial charge in [-0.15, -0.1) is 0 Å². The van der Waals surface area contributed by atoms with Crippen LogP contribution in [0.3, 0.4) is 0 Å². The molecule has 16 heavy (non-hydrogen) atoms. The van der Waals surface area contributed by atoms with Gasteiger partial charge in [-0.1, -0.05) is 0 Å². The average Bonchev–Trinajstić information content (AvgIpc) is 2.63. The Morgan fingerprint density at radius 3 is 2.81 bits per heavy atom. The van der Waals surface area contributed by atoms with E-state index in [9.17, 15) is 0 Å². The van der Waals surface area contributed by atoms with Crippen LogP contribution in [0.1, 0.15) is 11.6 Å². The zero-order chi connectivity index (χ0) is 11.5. The second kappa shape index (κ2) is 4.44. The molecule has 2 heterocycles. The summed E-state index contributed by atoms with van der Waals surface area (Å²) in [6.45, 7) is 0. The minimum atomic E-state index is 0.121. The lowest BCUT2D eigenvalue weighted by molar-refractivity contribution is 0.376. The van der Waals surface area contributed by atoms with Crippen LogP contribution in [0.25, 0.3) is 0 Å². The molecule has 0 amide bonds. The number of methoxy groups -OCH3 is 1. The number of aromatic nitrogens is 5. The molecule has 7 heteroatoms. The van der Waals surface area contributed by atoms with Gasteiger partial charge in [0.15, 0.2) is 0 Å². The number of hydrogen-bond acceptors (Lipinski definition) is 5. The molecule has 84 valence electrons. The minimum absolute atomic E-state index is 0.121. The van der Waals surface area contributed by atoms with E-state index in [0.29, 0.717) is 12.2 Å². The Kier molecular flexibility index (Phi) is 3.00. The lowest BCUT2D eigenvalue weighted by Gasteiger charge is -2.03. The highest BCUT2D eigenvalue weighted by Crippen LogP contribution is 2.10. The third-order valence-corrected chi connectivity index (χ3v) is 2.22. The Hall–Kier alpha value is -1.69. The highest BCUT2D eigenvalue weighted by atomic mass is 35.5. The Bertz CT molecular complexity index is 498. The SMILES string of the molecule is COc1nc(Cl)nc(Cc2nccn2C)n1. The monoisotopic (exact) mass is 239 g/mol. The Balaban J connectivity index is 2.28. The molecular formula is C9H10ClN5O. The smallest absolute Gasteiger partial charge is 0.320 e. The van der Waals surface area contributed by atoms with Crippen LogP contribution in [0.15, 0.2) is 12.4 Å². The van der Waals surface area contributed by atoms with Gasteiger partial charge in [0.25, 0.3) is 0 Å². The fourth-order valence-corrected chi connectivity index (χ4v) is 1.42. The molecule has 0 unspecified atom stereocenters. The maximum absolute atomic E-state index is 5.74. The summed E-state index contributed by atoms with van der Waals surface area (Å²) in [5.41, 5.74) is 0. The molecule has 0 saturated heterocycles. The van der Waals surface area contributed by atoms with Crippen molar-refractivity contribution in [2.24, 2.45) is 7.05 Å². The van der Waals surface area contributed by atoms with Gasteiger partial charge in [-0.25, -0.2) is 9.97 Å². The Morgan fingerprint density at radius 1 is 1.38 bits per heavy atom. The lowest BCUT2D eigenvalue weighted by Crippen LogP contribution is -2.05. The number of nitrogens with zero attached hydrogens (tertiary/aromatic N) is 5. The van der Waals surface area contributed by atoms with Gasteiger partial charge < -0.3 is 9.30 Å². The molecule has 6 nitrogen and oxygen atoms in total. The van der Waals surface area contributed by atoms with Crippen molar-refractivity contribution in [3.05, 3.63) is 29.3 Å². The van der Waals surface area contributed by atoms with Gasteiger partial charge in [0.2, 0.25) is 5.28 Å². The summed E-state index contributed by atoms with van der Waals surface area (Å²) in [7, 11) is 3.39. The Morgan fingerprint density at radius 2 is 2.19 bits per heavy atom. The highest BCUT2D eigenvalue weighted by Gasteiger charge is 2.08. The molecule has 0 bridgehead atoms. The fourth-order valence-electron chi connectivity index (χ4n) is 1.25. The van der Waals surface area contributed by atoms with Gasteiger partial charge in [0, 0.05) is 19.4 Å². The molecule has 0 aliphatic heterocycles. The first-order chi connectivity index (χ1) is 7.69. The maximum atomic E-state index is 5.74. The first-order valence-corrected chi connectivity index (χ1v) is 4.97. The van der Waals surface area contributed by atoms with Crippen LogP contribution in [0.2, 0.25) is 5.28 Å². The Labute approximate surface area is 97.3 Å². The standard InChI is InChI=1S/C9H10ClN5O/c1-15-4-3-11-7(15)5-6-12-8(10)14-9(13-6)16-2/h3-4H,5H2,1-2H3. The molecule has 2 aromatic rings. The summed E-state index contributed by atoms with van der Waals surface area (Å²) in [5, 5.41) is 0.121. The van der Waals surface area contributed by atoms with Crippen molar-refractivity contribution in [2.75, 3.05) is 7.11 Å². The summed E-state index contributed by atoms with van der Waals surface area (Å²) in [5.74, 6) is 1.38. The van der Waals surface area contributed by atoms with E-state index in [1.54, 1.807) is 6.20 Å². The van der Waals surface area contributed by atoms with Gasteiger partial charge in [-0.05, 0) is 11.6 Å². The van der Waals surface area contributed by atoms with Crippen LogP contribution in [-0.4, -0.2) is 31.6 Å². The molecule has 0 aliphatic carbocycles. The summed E-state index contributed by atoms with van der Waals surface area (Å²) in [6.07, 6.45) is 4.06. The maximum Gasteiger partial charge on any atom is 0.320 e. The molecule has 2 aromatic heterocycles. The van der Waals surface area contributed by atoms with Crippen molar-refractivity contribution >= 4 is 11.6 Å². The van der Waals surface area contributed by atoms with Gasteiger partial charge in [-0.2, -0.15) is 9.97 Å². The van der Waals surface area contributed by atoms with Gasteiger partial charge >= 0.3 is 6.01 Å². The number of ether oxygens (including phenoxy) is 1. The molecule has 0 spiro atoms. The van der Waals surface area contributed by atoms with Crippen LogP contribution in [0.5, 0.6) is 6.01 Å². The van der Waals surface area contributed by atoms with Crippen LogP contribution < -0.4 is 4.74 Å². The first kappa shape index (κ1) is 10.8. The van der Waals surface area contributed by atoms with Crippen molar-refractivity contribution in [1.29, 1.82) is 0 Å². The second-order valence-corrected chi connectivity index (χ2v) is 3.48. The molecule has 0 radical (unpaired) electrons. The van der Waals surface area contributed by atoms with Crippen molar-refractivity contribution in [3.8, 4) is 6.01 Å². The number of hydrogen-bond donors (Lipinski definition) is 0. The van der Waals surface area contributed by atoms with E-state index >= 15 is 0 Å². The average molecular weight is 240 g/mol. The molecule has 0 aromatic carbocycles. The second-order valence-electron chi connectivity index (χ2n) is 3.14. The molecule has 2 rings (SSSR count). The summed E-state index contributed by atoms with van der Waals surface area (Å²) in [6, 6.07) is 0.212. The summed E-state index contributed by atoms with van der Waals surface area (Å²) >= 11 is 5.74. The number of halogens is 1. The van der Waals surface area contributed by atoms with E-state index in [-0.39, 0.29) is 11.3 Å². The molecule has 0 aliphatic rings. The highest BCUT2D eigenvalue weighted by molar-refractivity contribution is 6.28. The van der Waals surface area contributed by atoms with Crippen molar-refractivity contribution in [2.45, 2.75) is 6.42 Å². The van der Waals surface area contributed by atoms with Gasteiger partial charge in [-0.3, -0.25) is 0 Å². The quantitative estimate of drug-likeness (QED) is 0.795. The first-order valence-electron chi connectivity index (χ1n) is 4.59. The number of rotatable bonds is 3. The van der Waals surface area contributed by atoms with Crippen LogP contribution >= 0.6 is 11.6 Å². The van der Waals surface area contributed by atoms with Crippen molar-refractivity contribution < 1.29 is 4.74 Å². The topological polar surface area (TPSA) is 65.7 Å². The van der Waals surface area contributed by atoms with E-state index in [1.165, 1.54) is 7.11 Å². The number of aryl methyl sites for hydroxylation is 1. The van der Waals surface area contributed by atoms with Gasteiger partial charge in [0.05, 0.1) is 13.5 Å². The lowest BCUT2D eigenvalue weighted by atomic mass is 10.4. The third kappa shape index (κ3) is 2.27. The van der Waals surface area contributed by atoms with Gasteiger partial charge in [0.1, 0.15) is 11.6 Å². The largest absolute Gasteiger partial charge is 0.467 e. The third-order valence-electron chi connectivity index (χ3n) is 2.05. The fraction of sp³-hybridized carbons (Fsp3) is 0.333. The molecule has 0 saturated carbocycles. The molecule has 0 fully saturated rings. The summed E-state index contributed by atoms with van der Waals surface area (Å²) < 4.78 is 6.80. The normalized spacial score (nSPS) is 10.4. The number of imidazole rings is 1. The van der Waals surface area contributed by atoms with Crippen molar-refractivity contribution in [3.63, 3.8) is 0 Å². The predicted molar refractivity (Wildman–Crippen MR) is 57.4 cm³/mol. The minimum Gasteiger partial charge on any atom is -0.467 e. The summed E-state index contributed by atoms with van der Waals surface area (Å²) in [4.78, 5) is 16.1. The van der Waals surface area contributed by atoms with Crippen molar-refractivity contribution in [1.82, 2.24) is 24.5 Å². The van der Waals surface area contributed by atoms with E-state index in [1.807, 2.05) is 17.8 Å².